The third-order valence-electron chi connectivity index (χ3n) is 4.64. The van der Waals surface area contributed by atoms with Gasteiger partial charge in [0.25, 0.3) is 0 Å². The van der Waals surface area contributed by atoms with Crippen molar-refractivity contribution in [1.29, 1.82) is 0 Å². The fourth-order valence-corrected chi connectivity index (χ4v) is 3.22. The van der Waals surface area contributed by atoms with Crippen LogP contribution in [0, 0.1) is 13.8 Å². The van der Waals surface area contributed by atoms with E-state index in [2.05, 4.69) is 45.8 Å². The van der Waals surface area contributed by atoms with Crippen LogP contribution in [0.15, 0.2) is 60.9 Å². The number of aromatic nitrogens is 3. The van der Waals surface area contributed by atoms with Crippen molar-refractivity contribution in [1.82, 2.24) is 14.5 Å². The maximum Gasteiger partial charge on any atom is 0.150 e. The first-order valence-corrected chi connectivity index (χ1v) is 8.48. The molecule has 5 heteroatoms. The fraction of sp³-hybridized carbons (Fsp3) is 0.143. The maximum atomic E-state index is 5.31. The number of para-hydroxylation sites is 1. The molecule has 0 saturated heterocycles. The number of fused-ring (bicyclic) bond motifs is 1. The van der Waals surface area contributed by atoms with Gasteiger partial charge in [0.2, 0.25) is 0 Å². The number of nitrogens with zero attached hydrogens (tertiary/aromatic N) is 3. The SMILES string of the molecule is COc1cccc(Nc2ncnc3c2c(C)c(C)n3-c2ccccc2)c1. The summed E-state index contributed by atoms with van der Waals surface area (Å²) in [5, 5.41) is 4.43. The number of hydrogen-bond donors (Lipinski definition) is 1. The molecule has 4 rings (SSSR count). The van der Waals surface area contributed by atoms with Gasteiger partial charge in [0.15, 0.2) is 5.65 Å². The summed E-state index contributed by atoms with van der Waals surface area (Å²) in [6.07, 6.45) is 1.60. The molecule has 4 aromatic rings. The lowest BCUT2D eigenvalue weighted by atomic mass is 10.2. The summed E-state index contributed by atoms with van der Waals surface area (Å²) in [4.78, 5) is 9.05. The van der Waals surface area contributed by atoms with Gasteiger partial charge in [-0.2, -0.15) is 0 Å². The lowest BCUT2D eigenvalue weighted by Crippen LogP contribution is -1.99. The second kappa shape index (κ2) is 6.52. The van der Waals surface area contributed by atoms with Crippen molar-refractivity contribution in [2.45, 2.75) is 13.8 Å². The minimum Gasteiger partial charge on any atom is -0.497 e. The zero-order valence-corrected chi connectivity index (χ0v) is 15.0. The molecule has 5 nitrogen and oxygen atoms in total. The second-order valence-corrected chi connectivity index (χ2v) is 6.16. The molecule has 0 bridgehead atoms. The van der Waals surface area contributed by atoms with E-state index in [4.69, 9.17) is 4.74 Å². The van der Waals surface area contributed by atoms with Crippen LogP contribution >= 0.6 is 0 Å². The summed E-state index contributed by atoms with van der Waals surface area (Å²) in [7, 11) is 1.66. The second-order valence-electron chi connectivity index (χ2n) is 6.16. The number of aryl methyl sites for hydroxylation is 1. The van der Waals surface area contributed by atoms with Gasteiger partial charge in [0, 0.05) is 23.1 Å². The van der Waals surface area contributed by atoms with E-state index in [0.717, 1.165) is 45.2 Å². The van der Waals surface area contributed by atoms with Crippen LogP contribution in [0.3, 0.4) is 0 Å². The van der Waals surface area contributed by atoms with Crippen LogP contribution in [0.2, 0.25) is 0 Å². The van der Waals surface area contributed by atoms with Gasteiger partial charge in [-0.3, -0.25) is 4.57 Å². The van der Waals surface area contributed by atoms with Crippen molar-refractivity contribution >= 4 is 22.5 Å². The number of ether oxygens (including phenoxy) is 1. The first-order chi connectivity index (χ1) is 12.7. The van der Waals surface area contributed by atoms with Crippen LogP contribution in [0.5, 0.6) is 5.75 Å². The first-order valence-electron chi connectivity index (χ1n) is 8.48. The lowest BCUT2D eigenvalue weighted by Gasteiger charge is -2.09. The van der Waals surface area contributed by atoms with Crippen LogP contribution in [-0.4, -0.2) is 21.6 Å². The zero-order chi connectivity index (χ0) is 18.1. The number of methoxy groups -OCH3 is 1. The molecule has 0 radical (unpaired) electrons. The average Bonchev–Trinajstić information content (AvgIpc) is 2.94. The fourth-order valence-electron chi connectivity index (χ4n) is 3.22. The highest BCUT2D eigenvalue weighted by Gasteiger charge is 2.17. The molecule has 2 aromatic carbocycles. The van der Waals surface area contributed by atoms with E-state index in [1.165, 1.54) is 0 Å². The van der Waals surface area contributed by atoms with Gasteiger partial charge < -0.3 is 10.1 Å². The molecule has 0 unspecified atom stereocenters. The van der Waals surface area contributed by atoms with Gasteiger partial charge in [-0.25, -0.2) is 9.97 Å². The Labute approximate surface area is 152 Å². The van der Waals surface area contributed by atoms with Crippen molar-refractivity contribution in [2.75, 3.05) is 12.4 Å². The molecule has 0 spiro atoms. The largest absolute Gasteiger partial charge is 0.497 e. The normalized spacial score (nSPS) is 10.9. The van der Waals surface area contributed by atoms with Crippen molar-refractivity contribution < 1.29 is 4.74 Å². The van der Waals surface area contributed by atoms with E-state index in [1.54, 1.807) is 13.4 Å². The Balaban J connectivity index is 1.87. The Hall–Kier alpha value is -3.34. The summed E-state index contributed by atoms with van der Waals surface area (Å²) in [6.45, 7) is 4.22. The Morgan fingerprint density at radius 1 is 0.962 bits per heavy atom. The molecular formula is C21H20N4O. The molecule has 0 aliphatic heterocycles. The van der Waals surface area contributed by atoms with Gasteiger partial charge >= 0.3 is 0 Å². The number of nitrogens with one attached hydrogen (secondary N) is 1. The highest BCUT2D eigenvalue weighted by molar-refractivity contribution is 5.94. The van der Waals surface area contributed by atoms with Gasteiger partial charge in [-0.1, -0.05) is 24.3 Å². The van der Waals surface area contributed by atoms with Crippen molar-refractivity contribution in [2.24, 2.45) is 0 Å². The summed E-state index contributed by atoms with van der Waals surface area (Å²) in [5.41, 5.74) is 5.23. The van der Waals surface area contributed by atoms with Crippen LogP contribution in [0.1, 0.15) is 11.3 Å². The van der Waals surface area contributed by atoms with Crippen LogP contribution in [-0.2, 0) is 0 Å². The molecular weight excluding hydrogens is 324 g/mol. The third kappa shape index (κ3) is 2.67. The van der Waals surface area contributed by atoms with E-state index in [-0.39, 0.29) is 0 Å². The Morgan fingerprint density at radius 3 is 2.54 bits per heavy atom. The maximum absolute atomic E-state index is 5.31. The Morgan fingerprint density at radius 2 is 1.77 bits per heavy atom. The molecule has 0 atom stereocenters. The molecule has 0 amide bonds. The third-order valence-corrected chi connectivity index (χ3v) is 4.64. The van der Waals surface area contributed by atoms with Crippen LogP contribution < -0.4 is 10.1 Å². The molecule has 0 aliphatic carbocycles. The number of anilines is 2. The topological polar surface area (TPSA) is 52.0 Å². The van der Waals surface area contributed by atoms with E-state index in [0.29, 0.717) is 0 Å². The van der Waals surface area contributed by atoms with Gasteiger partial charge in [0.05, 0.1) is 12.5 Å². The summed E-state index contributed by atoms with van der Waals surface area (Å²) in [5.74, 6) is 1.59. The number of hydrogen-bond acceptors (Lipinski definition) is 4. The Bertz CT molecular complexity index is 1070. The van der Waals surface area contributed by atoms with Crippen LogP contribution in [0.4, 0.5) is 11.5 Å². The predicted molar refractivity (Wildman–Crippen MR) is 105 cm³/mol. The van der Waals surface area contributed by atoms with Crippen molar-refractivity contribution in [3.05, 3.63) is 72.2 Å². The van der Waals surface area contributed by atoms with E-state index < -0.39 is 0 Å². The van der Waals surface area contributed by atoms with E-state index in [9.17, 15) is 0 Å². The standard InChI is InChI=1S/C21H20N4O/c1-14-15(2)25(17-9-5-4-6-10-17)21-19(14)20(22-13-23-21)24-16-8-7-11-18(12-16)26-3/h4-13H,1-3H3,(H,22,23,24). The summed E-state index contributed by atoms with van der Waals surface area (Å²) >= 11 is 0. The molecule has 1 N–H and O–H groups in total. The smallest absolute Gasteiger partial charge is 0.150 e. The highest BCUT2D eigenvalue weighted by atomic mass is 16.5. The predicted octanol–water partition coefficient (Wildman–Crippen LogP) is 4.79. The van der Waals surface area contributed by atoms with Crippen LogP contribution in [0.25, 0.3) is 16.7 Å². The minimum absolute atomic E-state index is 0.790. The monoisotopic (exact) mass is 344 g/mol. The van der Waals surface area contributed by atoms with Gasteiger partial charge in [0.1, 0.15) is 17.9 Å². The molecule has 0 saturated carbocycles. The number of benzene rings is 2. The first kappa shape index (κ1) is 16.1. The molecule has 2 aromatic heterocycles. The quantitative estimate of drug-likeness (QED) is 0.578. The highest BCUT2D eigenvalue weighted by Crippen LogP contribution is 2.32. The van der Waals surface area contributed by atoms with Gasteiger partial charge in [-0.05, 0) is 43.7 Å². The van der Waals surface area contributed by atoms with Gasteiger partial charge in [-0.15, -0.1) is 0 Å². The molecule has 26 heavy (non-hydrogen) atoms. The Kier molecular flexibility index (Phi) is 4.05. The van der Waals surface area contributed by atoms with Crippen molar-refractivity contribution in [3.63, 3.8) is 0 Å². The van der Waals surface area contributed by atoms with Crippen molar-refractivity contribution in [3.8, 4) is 11.4 Å². The zero-order valence-electron chi connectivity index (χ0n) is 15.0. The van der Waals surface area contributed by atoms with E-state index >= 15 is 0 Å². The molecule has 130 valence electrons. The molecule has 0 aliphatic rings. The van der Waals surface area contributed by atoms with E-state index in [1.807, 2.05) is 42.5 Å². The average molecular weight is 344 g/mol. The minimum atomic E-state index is 0.790. The number of rotatable bonds is 4. The lowest BCUT2D eigenvalue weighted by molar-refractivity contribution is 0.415. The molecule has 0 fully saturated rings. The summed E-state index contributed by atoms with van der Waals surface area (Å²) < 4.78 is 7.48. The molecule has 2 heterocycles. The summed E-state index contributed by atoms with van der Waals surface area (Å²) in [6, 6.07) is 18.1.